The summed E-state index contributed by atoms with van der Waals surface area (Å²) in [5.74, 6) is -2.78. The Balaban J connectivity index is 2.88. The lowest BCUT2D eigenvalue weighted by Gasteiger charge is -2.28. The topological polar surface area (TPSA) is 156 Å². The van der Waals surface area contributed by atoms with Crippen LogP contribution in [0.2, 0.25) is 0 Å². The molecule has 9 heteroatoms. The largest absolute Gasteiger partial charge is 0.480 e. The van der Waals surface area contributed by atoms with E-state index in [1.54, 1.807) is 0 Å². The van der Waals surface area contributed by atoms with Crippen molar-refractivity contribution in [3.63, 3.8) is 0 Å². The molecule has 0 aliphatic carbocycles. The molecule has 1 saturated heterocycles. The van der Waals surface area contributed by atoms with Gasteiger partial charge in [0.2, 0.25) is 17.7 Å². The Kier molecular flexibility index (Phi) is 7.82. The van der Waals surface area contributed by atoms with Crippen molar-refractivity contribution in [3.8, 4) is 0 Å². The molecule has 1 fully saturated rings. The van der Waals surface area contributed by atoms with Crippen LogP contribution in [0.3, 0.4) is 0 Å². The summed E-state index contributed by atoms with van der Waals surface area (Å²) in [6.45, 7) is 4.02. The average Bonchev–Trinajstić information content (AvgIpc) is 3.05. The highest BCUT2D eigenvalue weighted by Crippen LogP contribution is 2.19. The number of hydrogen-bond acceptors (Lipinski definition) is 5. The van der Waals surface area contributed by atoms with E-state index >= 15 is 0 Å². The van der Waals surface area contributed by atoms with Gasteiger partial charge in [-0.3, -0.25) is 14.4 Å². The Morgan fingerprint density at radius 2 is 1.96 bits per heavy atom. The zero-order valence-corrected chi connectivity index (χ0v) is 14.7. The lowest BCUT2D eigenvalue weighted by atomic mass is 9.98. The number of nitrogens with one attached hydrogen (secondary N) is 1. The molecule has 6 N–H and O–H groups in total. The fraction of sp³-hybridized carbons (Fsp3) is 0.750. The fourth-order valence-electron chi connectivity index (χ4n) is 2.81. The zero-order chi connectivity index (χ0) is 19.1. The zero-order valence-electron chi connectivity index (χ0n) is 14.7. The molecule has 0 saturated carbocycles. The highest BCUT2D eigenvalue weighted by molar-refractivity contribution is 5.92. The summed E-state index contributed by atoms with van der Waals surface area (Å²) in [4.78, 5) is 48.6. The van der Waals surface area contributed by atoms with E-state index in [1.165, 1.54) is 4.90 Å². The minimum Gasteiger partial charge on any atom is -0.480 e. The van der Waals surface area contributed by atoms with Gasteiger partial charge in [-0.2, -0.15) is 0 Å². The first-order chi connectivity index (χ1) is 11.7. The SMILES string of the molecule is CC[C@H](C)[C@H](N)C(=O)N[C@@H](CCC(N)=O)C(=O)N1CCC[C@H]1C(=O)O. The Bertz CT molecular complexity index is 525. The van der Waals surface area contributed by atoms with Gasteiger partial charge in [0, 0.05) is 13.0 Å². The van der Waals surface area contributed by atoms with E-state index < -0.39 is 41.8 Å². The monoisotopic (exact) mass is 356 g/mol. The molecule has 0 bridgehead atoms. The molecule has 1 heterocycles. The first-order valence-corrected chi connectivity index (χ1v) is 8.56. The molecule has 0 aromatic rings. The van der Waals surface area contributed by atoms with Crippen molar-refractivity contribution in [3.05, 3.63) is 0 Å². The van der Waals surface area contributed by atoms with E-state index in [0.29, 0.717) is 25.8 Å². The highest BCUT2D eigenvalue weighted by atomic mass is 16.4. The number of aliphatic carboxylic acids is 1. The van der Waals surface area contributed by atoms with Crippen LogP contribution >= 0.6 is 0 Å². The molecule has 142 valence electrons. The van der Waals surface area contributed by atoms with Crippen LogP contribution in [0.4, 0.5) is 0 Å². The third-order valence-corrected chi connectivity index (χ3v) is 4.67. The summed E-state index contributed by atoms with van der Waals surface area (Å²) in [5.41, 5.74) is 11.0. The van der Waals surface area contributed by atoms with E-state index in [2.05, 4.69) is 5.32 Å². The first-order valence-electron chi connectivity index (χ1n) is 8.56. The lowest BCUT2D eigenvalue weighted by Crippen LogP contribution is -2.55. The molecule has 3 amide bonds. The molecule has 0 aromatic carbocycles. The number of amides is 3. The molecule has 0 radical (unpaired) electrons. The van der Waals surface area contributed by atoms with Gasteiger partial charge in [-0.05, 0) is 25.2 Å². The number of nitrogens with zero attached hydrogens (tertiary/aromatic N) is 1. The minimum atomic E-state index is -1.08. The molecule has 25 heavy (non-hydrogen) atoms. The number of carbonyl (C=O) groups is 4. The predicted molar refractivity (Wildman–Crippen MR) is 90.2 cm³/mol. The van der Waals surface area contributed by atoms with Gasteiger partial charge in [0.15, 0.2) is 0 Å². The summed E-state index contributed by atoms with van der Waals surface area (Å²) >= 11 is 0. The second kappa shape index (κ2) is 9.36. The maximum absolute atomic E-state index is 12.7. The second-order valence-electron chi connectivity index (χ2n) is 6.51. The van der Waals surface area contributed by atoms with Gasteiger partial charge >= 0.3 is 5.97 Å². The van der Waals surface area contributed by atoms with Gasteiger partial charge in [0.05, 0.1) is 6.04 Å². The number of primary amides is 1. The number of hydrogen-bond donors (Lipinski definition) is 4. The van der Waals surface area contributed by atoms with Crippen LogP contribution in [-0.2, 0) is 19.2 Å². The van der Waals surface area contributed by atoms with Gasteiger partial charge in [-0.1, -0.05) is 20.3 Å². The van der Waals surface area contributed by atoms with E-state index in [4.69, 9.17) is 11.5 Å². The van der Waals surface area contributed by atoms with Gasteiger partial charge in [0.25, 0.3) is 0 Å². The molecule has 4 atom stereocenters. The number of rotatable bonds is 9. The third-order valence-electron chi connectivity index (χ3n) is 4.67. The molecule has 9 nitrogen and oxygen atoms in total. The summed E-state index contributed by atoms with van der Waals surface area (Å²) in [6.07, 6.45) is 1.55. The Morgan fingerprint density at radius 1 is 1.32 bits per heavy atom. The molecular weight excluding hydrogens is 328 g/mol. The number of carbonyl (C=O) groups excluding carboxylic acids is 3. The van der Waals surface area contributed by atoms with Crippen LogP contribution in [0.25, 0.3) is 0 Å². The van der Waals surface area contributed by atoms with Crippen molar-refractivity contribution in [2.24, 2.45) is 17.4 Å². The number of carboxylic acid groups (broad SMARTS) is 1. The number of likely N-dealkylation sites (tertiary alicyclic amines) is 1. The van der Waals surface area contributed by atoms with Gasteiger partial charge in [-0.25, -0.2) is 4.79 Å². The van der Waals surface area contributed by atoms with Crippen molar-refractivity contribution >= 4 is 23.7 Å². The smallest absolute Gasteiger partial charge is 0.326 e. The summed E-state index contributed by atoms with van der Waals surface area (Å²) < 4.78 is 0. The van der Waals surface area contributed by atoms with Crippen molar-refractivity contribution in [2.45, 2.75) is 64.1 Å². The van der Waals surface area contributed by atoms with Crippen LogP contribution in [-0.4, -0.2) is 58.4 Å². The van der Waals surface area contributed by atoms with Crippen molar-refractivity contribution in [2.75, 3.05) is 6.54 Å². The Labute approximate surface area is 147 Å². The van der Waals surface area contributed by atoms with Gasteiger partial charge in [0.1, 0.15) is 12.1 Å². The molecule has 0 spiro atoms. The predicted octanol–water partition coefficient (Wildman–Crippen LogP) is -0.814. The minimum absolute atomic E-state index is 0.00989. The third kappa shape index (κ3) is 5.70. The average molecular weight is 356 g/mol. The van der Waals surface area contributed by atoms with Crippen molar-refractivity contribution in [1.82, 2.24) is 10.2 Å². The molecule has 1 aliphatic heterocycles. The number of nitrogens with two attached hydrogens (primary N) is 2. The van der Waals surface area contributed by atoms with Gasteiger partial charge < -0.3 is 26.8 Å². The summed E-state index contributed by atoms with van der Waals surface area (Å²) in [6, 6.07) is -2.72. The van der Waals surface area contributed by atoms with E-state index in [-0.39, 0.29) is 18.8 Å². The van der Waals surface area contributed by atoms with Gasteiger partial charge in [-0.15, -0.1) is 0 Å². The lowest BCUT2D eigenvalue weighted by molar-refractivity contribution is -0.149. The molecule has 1 rings (SSSR count). The van der Waals surface area contributed by atoms with E-state index in [9.17, 15) is 24.3 Å². The quantitative estimate of drug-likeness (QED) is 0.423. The van der Waals surface area contributed by atoms with Crippen LogP contribution in [0.1, 0.15) is 46.0 Å². The van der Waals surface area contributed by atoms with Crippen molar-refractivity contribution in [1.29, 1.82) is 0 Å². The van der Waals surface area contributed by atoms with Crippen LogP contribution in [0.5, 0.6) is 0 Å². The maximum Gasteiger partial charge on any atom is 0.326 e. The van der Waals surface area contributed by atoms with E-state index in [0.717, 1.165) is 0 Å². The molecule has 1 aliphatic rings. The van der Waals surface area contributed by atoms with Crippen molar-refractivity contribution < 1.29 is 24.3 Å². The second-order valence-corrected chi connectivity index (χ2v) is 6.51. The standard InChI is InChI=1S/C16H28N4O5/c1-3-9(2)13(18)14(22)19-10(6-7-12(17)21)15(23)20-8-4-5-11(20)16(24)25/h9-11,13H,3-8,18H2,1-2H3,(H2,17,21)(H,19,22)(H,24,25)/t9-,10-,11-,13-/m0/s1. The molecule has 0 unspecified atom stereocenters. The summed E-state index contributed by atoms with van der Waals surface area (Å²) in [5, 5.41) is 11.8. The Hall–Kier alpha value is -2.16. The van der Waals surface area contributed by atoms with E-state index in [1.807, 2.05) is 13.8 Å². The number of carboxylic acids is 1. The Morgan fingerprint density at radius 3 is 2.48 bits per heavy atom. The van der Waals surface area contributed by atoms with Crippen LogP contribution < -0.4 is 16.8 Å². The fourth-order valence-corrected chi connectivity index (χ4v) is 2.81. The normalized spacial score (nSPS) is 20.6. The summed E-state index contributed by atoms with van der Waals surface area (Å²) in [7, 11) is 0. The first kappa shape index (κ1) is 20.9. The molecular formula is C16H28N4O5. The van der Waals surface area contributed by atoms with Crippen LogP contribution in [0, 0.1) is 5.92 Å². The maximum atomic E-state index is 12.7. The van der Waals surface area contributed by atoms with Crippen LogP contribution in [0.15, 0.2) is 0 Å². The highest BCUT2D eigenvalue weighted by Gasteiger charge is 2.38. The molecule has 0 aromatic heterocycles.